The highest BCUT2D eigenvalue weighted by Crippen LogP contribution is 2.18. The zero-order valence-corrected chi connectivity index (χ0v) is 17.6. The van der Waals surface area contributed by atoms with Crippen LogP contribution in [0, 0.1) is 0 Å². The predicted molar refractivity (Wildman–Crippen MR) is 116 cm³/mol. The first-order valence-electron chi connectivity index (χ1n) is 9.98. The van der Waals surface area contributed by atoms with Crippen molar-refractivity contribution in [3.8, 4) is 0 Å². The maximum Gasteiger partial charge on any atom is 0.355 e. The lowest BCUT2D eigenvalue weighted by Crippen LogP contribution is -2.39. The Labute approximate surface area is 177 Å². The van der Waals surface area contributed by atoms with Crippen molar-refractivity contribution in [2.75, 3.05) is 6.54 Å². The van der Waals surface area contributed by atoms with Crippen molar-refractivity contribution < 1.29 is 19.1 Å². The van der Waals surface area contributed by atoms with Gasteiger partial charge in [-0.05, 0) is 30.5 Å². The number of nitrogens with one attached hydrogen (secondary N) is 2. The maximum absolute atomic E-state index is 12.5. The van der Waals surface area contributed by atoms with Crippen LogP contribution in [0.5, 0.6) is 0 Å². The van der Waals surface area contributed by atoms with Crippen molar-refractivity contribution in [1.29, 1.82) is 0 Å². The minimum atomic E-state index is -1.00. The SMILES string of the molecule is CC[C@@H](CNC(=O)[C@H](C)OC(=O)/C(=C/c1ccccc1)NC(C)=O)c1ccccc1. The van der Waals surface area contributed by atoms with E-state index in [1.54, 1.807) is 12.1 Å². The monoisotopic (exact) mass is 408 g/mol. The van der Waals surface area contributed by atoms with Crippen LogP contribution in [0.4, 0.5) is 0 Å². The average molecular weight is 408 g/mol. The normalized spacial score (nSPS) is 13.1. The highest BCUT2D eigenvalue weighted by atomic mass is 16.5. The Morgan fingerprint density at radius 1 is 1.00 bits per heavy atom. The summed E-state index contributed by atoms with van der Waals surface area (Å²) in [5.74, 6) is -1.39. The summed E-state index contributed by atoms with van der Waals surface area (Å²) in [6.07, 6.45) is 1.38. The summed E-state index contributed by atoms with van der Waals surface area (Å²) in [6, 6.07) is 19.0. The predicted octanol–water partition coefficient (Wildman–Crippen LogP) is 3.41. The lowest BCUT2D eigenvalue weighted by molar-refractivity contribution is -0.151. The number of carbonyl (C=O) groups is 3. The van der Waals surface area contributed by atoms with Crippen LogP contribution in [0.15, 0.2) is 66.4 Å². The van der Waals surface area contributed by atoms with Gasteiger partial charge in [0.05, 0.1) is 0 Å². The molecule has 2 rings (SSSR count). The number of hydrogen-bond acceptors (Lipinski definition) is 4. The van der Waals surface area contributed by atoms with Gasteiger partial charge >= 0.3 is 5.97 Å². The second-order valence-electron chi connectivity index (χ2n) is 6.96. The fourth-order valence-electron chi connectivity index (χ4n) is 2.92. The van der Waals surface area contributed by atoms with Crippen molar-refractivity contribution in [1.82, 2.24) is 10.6 Å². The van der Waals surface area contributed by atoms with Gasteiger partial charge in [-0.2, -0.15) is 0 Å². The molecular weight excluding hydrogens is 380 g/mol. The lowest BCUT2D eigenvalue weighted by atomic mass is 9.96. The first-order valence-corrected chi connectivity index (χ1v) is 9.98. The van der Waals surface area contributed by atoms with Crippen LogP contribution in [0.2, 0.25) is 0 Å². The molecule has 2 atom stereocenters. The van der Waals surface area contributed by atoms with Crippen LogP contribution in [-0.4, -0.2) is 30.4 Å². The molecule has 158 valence electrons. The number of ether oxygens (including phenoxy) is 1. The maximum atomic E-state index is 12.5. The first kappa shape index (κ1) is 22.9. The molecule has 0 saturated carbocycles. The van der Waals surface area contributed by atoms with Crippen LogP contribution in [-0.2, 0) is 19.1 Å². The van der Waals surface area contributed by atoms with Gasteiger partial charge in [0.15, 0.2) is 6.10 Å². The number of carbonyl (C=O) groups excluding carboxylic acids is 3. The molecule has 0 bridgehead atoms. The Kier molecular flexibility index (Phi) is 8.81. The molecular formula is C24H28N2O4. The van der Waals surface area contributed by atoms with Gasteiger partial charge < -0.3 is 15.4 Å². The van der Waals surface area contributed by atoms with Gasteiger partial charge in [0.2, 0.25) is 5.91 Å². The molecule has 6 heteroatoms. The molecule has 2 amide bonds. The van der Waals surface area contributed by atoms with E-state index in [9.17, 15) is 14.4 Å². The smallest absolute Gasteiger partial charge is 0.355 e. The molecule has 0 heterocycles. The van der Waals surface area contributed by atoms with E-state index in [-0.39, 0.29) is 17.5 Å². The second-order valence-corrected chi connectivity index (χ2v) is 6.96. The molecule has 0 aromatic heterocycles. The van der Waals surface area contributed by atoms with Gasteiger partial charge in [-0.15, -0.1) is 0 Å². The highest BCUT2D eigenvalue weighted by Gasteiger charge is 2.22. The summed E-state index contributed by atoms with van der Waals surface area (Å²) in [4.78, 5) is 36.4. The quantitative estimate of drug-likeness (QED) is 0.492. The molecule has 2 aromatic carbocycles. The van der Waals surface area contributed by atoms with Gasteiger partial charge in [-0.1, -0.05) is 67.6 Å². The van der Waals surface area contributed by atoms with Crippen molar-refractivity contribution in [3.63, 3.8) is 0 Å². The number of esters is 1. The van der Waals surface area contributed by atoms with E-state index in [1.165, 1.54) is 19.9 Å². The average Bonchev–Trinajstić information content (AvgIpc) is 2.74. The fraction of sp³-hybridized carbons (Fsp3) is 0.292. The van der Waals surface area contributed by atoms with Gasteiger partial charge in [-0.3, -0.25) is 9.59 Å². The molecule has 0 aliphatic rings. The third kappa shape index (κ3) is 7.20. The standard InChI is InChI=1S/C24H28N2O4/c1-4-20(21-13-9-6-10-14-21)16-25-23(28)17(2)30-24(29)22(26-18(3)27)15-19-11-7-5-8-12-19/h5-15,17,20H,4,16H2,1-3H3,(H,25,28)(H,26,27)/b22-15-/t17-,20-/m0/s1. The van der Waals surface area contributed by atoms with E-state index >= 15 is 0 Å². The molecule has 2 aromatic rings. The van der Waals surface area contributed by atoms with Gasteiger partial charge in [0.25, 0.3) is 5.91 Å². The summed E-state index contributed by atoms with van der Waals surface area (Å²) < 4.78 is 5.29. The Balaban J connectivity index is 1.98. The number of benzene rings is 2. The van der Waals surface area contributed by atoms with Crippen molar-refractivity contribution in [2.24, 2.45) is 0 Å². The molecule has 30 heavy (non-hydrogen) atoms. The summed E-state index contributed by atoms with van der Waals surface area (Å²) >= 11 is 0. The zero-order chi connectivity index (χ0) is 21.9. The minimum absolute atomic E-state index is 0.0240. The fourth-order valence-corrected chi connectivity index (χ4v) is 2.92. The van der Waals surface area contributed by atoms with Crippen LogP contribution < -0.4 is 10.6 Å². The molecule has 0 unspecified atom stereocenters. The molecule has 0 fully saturated rings. The molecule has 0 aliphatic carbocycles. The molecule has 0 spiro atoms. The van der Waals surface area contributed by atoms with E-state index in [0.29, 0.717) is 6.54 Å². The summed E-state index contributed by atoms with van der Waals surface area (Å²) in [5.41, 5.74) is 1.84. The van der Waals surface area contributed by atoms with E-state index in [1.807, 2.05) is 48.5 Å². The molecule has 0 aliphatic heterocycles. The summed E-state index contributed by atoms with van der Waals surface area (Å²) in [7, 11) is 0. The van der Waals surface area contributed by atoms with E-state index in [2.05, 4.69) is 17.6 Å². The Hall–Kier alpha value is -3.41. The largest absolute Gasteiger partial charge is 0.448 e. The third-order valence-electron chi connectivity index (χ3n) is 4.58. The number of amides is 2. The van der Waals surface area contributed by atoms with E-state index < -0.39 is 18.0 Å². The molecule has 0 radical (unpaired) electrons. The summed E-state index contributed by atoms with van der Waals surface area (Å²) in [6.45, 7) is 5.31. The number of rotatable bonds is 9. The second kappa shape index (κ2) is 11.6. The Bertz CT molecular complexity index is 879. The molecule has 0 saturated heterocycles. The zero-order valence-electron chi connectivity index (χ0n) is 17.6. The minimum Gasteiger partial charge on any atom is -0.448 e. The summed E-state index contributed by atoms with van der Waals surface area (Å²) in [5, 5.41) is 5.31. The van der Waals surface area contributed by atoms with Crippen LogP contribution in [0.3, 0.4) is 0 Å². The van der Waals surface area contributed by atoms with Crippen molar-refractivity contribution >= 4 is 23.9 Å². The van der Waals surface area contributed by atoms with Gasteiger partial charge in [0, 0.05) is 19.4 Å². The highest BCUT2D eigenvalue weighted by molar-refractivity contribution is 5.98. The lowest BCUT2D eigenvalue weighted by Gasteiger charge is -2.19. The van der Waals surface area contributed by atoms with Gasteiger partial charge in [0.1, 0.15) is 5.70 Å². The first-order chi connectivity index (χ1) is 14.4. The van der Waals surface area contributed by atoms with Crippen molar-refractivity contribution in [3.05, 3.63) is 77.5 Å². The molecule has 2 N–H and O–H groups in total. The van der Waals surface area contributed by atoms with Gasteiger partial charge in [-0.25, -0.2) is 4.79 Å². The third-order valence-corrected chi connectivity index (χ3v) is 4.58. The Morgan fingerprint density at radius 2 is 1.60 bits per heavy atom. The van der Waals surface area contributed by atoms with E-state index in [0.717, 1.165) is 17.5 Å². The van der Waals surface area contributed by atoms with Crippen LogP contribution >= 0.6 is 0 Å². The van der Waals surface area contributed by atoms with Crippen molar-refractivity contribution in [2.45, 2.75) is 39.2 Å². The van der Waals surface area contributed by atoms with Crippen LogP contribution in [0.25, 0.3) is 6.08 Å². The topological polar surface area (TPSA) is 84.5 Å². The molecule has 6 nitrogen and oxygen atoms in total. The Morgan fingerprint density at radius 3 is 2.17 bits per heavy atom. The van der Waals surface area contributed by atoms with E-state index in [4.69, 9.17) is 4.74 Å². The number of hydrogen-bond donors (Lipinski definition) is 2. The van der Waals surface area contributed by atoms with Crippen LogP contribution in [0.1, 0.15) is 44.2 Å².